The van der Waals surface area contributed by atoms with Crippen LogP contribution in [0.15, 0.2) is 97.1 Å². The van der Waals surface area contributed by atoms with Gasteiger partial charge in [0.25, 0.3) is 0 Å². The summed E-state index contributed by atoms with van der Waals surface area (Å²) in [6.45, 7) is 2.10. The second-order valence-electron chi connectivity index (χ2n) is 8.67. The third-order valence-electron chi connectivity index (χ3n) is 6.42. The molecular formula is C29H26N2O2. The van der Waals surface area contributed by atoms with E-state index in [9.17, 15) is 0 Å². The number of fused-ring (bicyclic) bond motifs is 2. The number of para-hydroxylation sites is 3. The lowest BCUT2D eigenvalue weighted by atomic mass is 10.00. The number of nitrogens with zero attached hydrogens (tertiary/aromatic N) is 1. The molecule has 0 spiro atoms. The zero-order valence-corrected chi connectivity index (χ0v) is 18.4. The summed E-state index contributed by atoms with van der Waals surface area (Å²) in [5, 5.41) is 3.59. The standard InChI is InChI=1S/C29H26N2O2/c1-3-7-28-24(5-1)18-31(20-33-28)25-15-11-22(12-16-25)17-21-9-13-23(14-10-21)27-19-32-29-8-4-2-6-26(29)30-27/h1-16,27,30H,17-20H2. The molecule has 0 aromatic heterocycles. The van der Waals surface area contributed by atoms with Crippen LogP contribution in [-0.4, -0.2) is 13.3 Å². The second-order valence-corrected chi connectivity index (χ2v) is 8.67. The monoisotopic (exact) mass is 434 g/mol. The van der Waals surface area contributed by atoms with Crippen molar-refractivity contribution in [3.63, 3.8) is 0 Å². The normalized spacial score (nSPS) is 16.6. The largest absolute Gasteiger partial charge is 0.489 e. The van der Waals surface area contributed by atoms with E-state index in [1.165, 1.54) is 27.9 Å². The Balaban J connectivity index is 1.10. The van der Waals surface area contributed by atoms with Gasteiger partial charge in [0.15, 0.2) is 6.73 Å². The predicted molar refractivity (Wildman–Crippen MR) is 132 cm³/mol. The highest BCUT2D eigenvalue weighted by Crippen LogP contribution is 2.33. The molecule has 0 amide bonds. The van der Waals surface area contributed by atoms with Crippen LogP contribution in [0.25, 0.3) is 0 Å². The molecule has 2 heterocycles. The van der Waals surface area contributed by atoms with Gasteiger partial charge in [-0.1, -0.05) is 66.7 Å². The van der Waals surface area contributed by atoms with Gasteiger partial charge in [-0.3, -0.25) is 0 Å². The summed E-state index contributed by atoms with van der Waals surface area (Å²) in [6.07, 6.45) is 0.914. The topological polar surface area (TPSA) is 33.7 Å². The van der Waals surface area contributed by atoms with Crippen LogP contribution in [0, 0.1) is 0 Å². The number of benzene rings is 4. The molecule has 6 rings (SSSR count). The first-order valence-corrected chi connectivity index (χ1v) is 11.4. The predicted octanol–water partition coefficient (Wildman–Crippen LogP) is 6.18. The maximum absolute atomic E-state index is 5.92. The van der Waals surface area contributed by atoms with E-state index in [0.717, 1.165) is 30.2 Å². The van der Waals surface area contributed by atoms with Gasteiger partial charge >= 0.3 is 0 Å². The molecule has 1 N–H and O–H groups in total. The molecule has 4 aromatic rings. The highest BCUT2D eigenvalue weighted by Gasteiger charge is 2.20. The van der Waals surface area contributed by atoms with Crippen molar-refractivity contribution in [1.82, 2.24) is 0 Å². The Labute approximate surface area is 194 Å². The summed E-state index contributed by atoms with van der Waals surface area (Å²) in [5.74, 6) is 1.92. The Morgan fingerprint density at radius 1 is 0.727 bits per heavy atom. The molecule has 0 radical (unpaired) electrons. The van der Waals surface area contributed by atoms with E-state index in [1.54, 1.807) is 0 Å². The first kappa shape index (κ1) is 19.7. The summed E-state index contributed by atoms with van der Waals surface area (Å²) in [5.41, 5.74) is 7.33. The lowest BCUT2D eigenvalue weighted by Crippen LogP contribution is -2.31. The van der Waals surface area contributed by atoms with Gasteiger partial charge in [-0.15, -0.1) is 0 Å². The third kappa shape index (κ3) is 4.12. The number of hydrogen-bond donors (Lipinski definition) is 1. The van der Waals surface area contributed by atoms with Gasteiger partial charge in [-0.25, -0.2) is 0 Å². The van der Waals surface area contributed by atoms with E-state index in [2.05, 4.69) is 76.9 Å². The average molecular weight is 435 g/mol. The van der Waals surface area contributed by atoms with Crippen LogP contribution < -0.4 is 19.7 Å². The molecular weight excluding hydrogens is 408 g/mol. The van der Waals surface area contributed by atoms with Crippen LogP contribution in [0.4, 0.5) is 11.4 Å². The first-order valence-electron chi connectivity index (χ1n) is 11.4. The number of hydrogen-bond acceptors (Lipinski definition) is 4. The summed E-state index contributed by atoms with van der Waals surface area (Å²) in [4.78, 5) is 2.26. The van der Waals surface area contributed by atoms with Crippen molar-refractivity contribution in [2.75, 3.05) is 23.6 Å². The molecule has 0 fully saturated rings. The van der Waals surface area contributed by atoms with Crippen LogP contribution in [0.2, 0.25) is 0 Å². The molecule has 0 saturated heterocycles. The molecule has 4 heteroatoms. The van der Waals surface area contributed by atoms with Gasteiger partial charge in [0.2, 0.25) is 0 Å². The highest BCUT2D eigenvalue weighted by molar-refractivity contribution is 5.59. The van der Waals surface area contributed by atoms with Crippen molar-refractivity contribution in [3.05, 3.63) is 119 Å². The quantitative estimate of drug-likeness (QED) is 0.416. The van der Waals surface area contributed by atoms with Gasteiger partial charge in [0.05, 0.1) is 11.7 Å². The van der Waals surface area contributed by atoms with Crippen molar-refractivity contribution in [3.8, 4) is 11.5 Å². The molecule has 0 aliphatic carbocycles. The zero-order chi connectivity index (χ0) is 22.0. The smallest absolute Gasteiger partial charge is 0.161 e. The number of nitrogens with one attached hydrogen (secondary N) is 1. The maximum Gasteiger partial charge on any atom is 0.161 e. The second kappa shape index (κ2) is 8.55. The van der Waals surface area contributed by atoms with Gasteiger partial charge < -0.3 is 19.7 Å². The van der Waals surface area contributed by atoms with Gasteiger partial charge in [0.1, 0.15) is 18.1 Å². The number of ether oxygens (including phenoxy) is 2. The zero-order valence-electron chi connectivity index (χ0n) is 18.4. The number of rotatable bonds is 4. The summed E-state index contributed by atoms with van der Waals surface area (Å²) in [7, 11) is 0. The van der Waals surface area contributed by atoms with Crippen LogP contribution in [-0.2, 0) is 13.0 Å². The third-order valence-corrected chi connectivity index (χ3v) is 6.42. The summed E-state index contributed by atoms with van der Waals surface area (Å²) in [6, 6.07) is 34.2. The van der Waals surface area contributed by atoms with Crippen molar-refractivity contribution >= 4 is 11.4 Å². The molecule has 0 saturated carbocycles. The minimum atomic E-state index is 0.171. The fourth-order valence-corrected chi connectivity index (χ4v) is 4.56. The molecule has 4 aromatic carbocycles. The summed E-state index contributed by atoms with van der Waals surface area (Å²) >= 11 is 0. The van der Waals surface area contributed by atoms with Crippen molar-refractivity contribution < 1.29 is 9.47 Å². The Hall–Kier alpha value is -3.92. The highest BCUT2D eigenvalue weighted by atomic mass is 16.5. The van der Waals surface area contributed by atoms with E-state index in [-0.39, 0.29) is 6.04 Å². The van der Waals surface area contributed by atoms with E-state index in [1.807, 2.05) is 30.3 Å². The molecule has 0 bridgehead atoms. The Bertz CT molecular complexity index is 1150. The minimum absolute atomic E-state index is 0.171. The minimum Gasteiger partial charge on any atom is -0.489 e. The van der Waals surface area contributed by atoms with E-state index in [4.69, 9.17) is 9.47 Å². The molecule has 4 nitrogen and oxygen atoms in total. The van der Waals surface area contributed by atoms with Crippen molar-refractivity contribution in [2.24, 2.45) is 0 Å². The molecule has 2 aliphatic heterocycles. The average Bonchev–Trinajstić information content (AvgIpc) is 2.89. The lowest BCUT2D eigenvalue weighted by molar-refractivity contribution is 0.286. The fourth-order valence-electron chi connectivity index (χ4n) is 4.56. The Morgan fingerprint density at radius 2 is 1.42 bits per heavy atom. The first-order chi connectivity index (χ1) is 16.3. The molecule has 2 aliphatic rings. The van der Waals surface area contributed by atoms with E-state index >= 15 is 0 Å². The van der Waals surface area contributed by atoms with E-state index in [0.29, 0.717) is 13.3 Å². The molecule has 33 heavy (non-hydrogen) atoms. The maximum atomic E-state index is 5.92. The Kier molecular flexibility index (Phi) is 5.11. The van der Waals surface area contributed by atoms with Crippen molar-refractivity contribution in [1.29, 1.82) is 0 Å². The fraction of sp³-hybridized carbons (Fsp3) is 0.172. The van der Waals surface area contributed by atoms with E-state index < -0.39 is 0 Å². The van der Waals surface area contributed by atoms with Crippen LogP contribution in [0.5, 0.6) is 11.5 Å². The van der Waals surface area contributed by atoms with Gasteiger partial charge in [0, 0.05) is 17.8 Å². The molecule has 164 valence electrons. The van der Waals surface area contributed by atoms with Gasteiger partial charge in [-0.2, -0.15) is 0 Å². The summed E-state index contributed by atoms with van der Waals surface area (Å²) < 4.78 is 11.8. The van der Waals surface area contributed by atoms with Crippen LogP contribution in [0.1, 0.15) is 28.3 Å². The van der Waals surface area contributed by atoms with Gasteiger partial charge in [-0.05, 0) is 53.4 Å². The van der Waals surface area contributed by atoms with Crippen LogP contribution >= 0.6 is 0 Å². The van der Waals surface area contributed by atoms with Crippen molar-refractivity contribution in [2.45, 2.75) is 19.0 Å². The number of anilines is 2. The molecule has 1 atom stereocenters. The van der Waals surface area contributed by atoms with Crippen LogP contribution in [0.3, 0.4) is 0 Å². The SMILES string of the molecule is c1ccc2c(c1)CN(c1ccc(Cc3ccc(C4COc5ccccc5N4)cc3)cc1)CO2. The molecule has 1 unspecified atom stereocenters. The Morgan fingerprint density at radius 3 is 2.24 bits per heavy atom. The lowest BCUT2D eigenvalue weighted by Gasteiger charge is -2.30.